The molecule has 2 aliphatic carbocycles. The average molecular weight is 637 g/mol. The van der Waals surface area contributed by atoms with Crippen molar-refractivity contribution in [3.63, 3.8) is 0 Å². The molecule has 0 saturated heterocycles. The average Bonchev–Trinajstić information content (AvgIpc) is 3.75. The molecule has 0 aromatic heterocycles. The summed E-state index contributed by atoms with van der Waals surface area (Å²) in [5.41, 5.74) is 18.0. The van der Waals surface area contributed by atoms with Gasteiger partial charge in [-0.25, -0.2) is 0 Å². The van der Waals surface area contributed by atoms with Gasteiger partial charge in [-0.15, -0.1) is 0 Å². The van der Waals surface area contributed by atoms with Gasteiger partial charge < -0.3 is 0 Å². The molecule has 0 heterocycles. The predicted molar refractivity (Wildman–Crippen MR) is 216 cm³/mol. The van der Waals surface area contributed by atoms with E-state index in [0.29, 0.717) is 0 Å². The van der Waals surface area contributed by atoms with Crippen LogP contribution in [-0.2, 0) is 6.42 Å². The van der Waals surface area contributed by atoms with Crippen LogP contribution in [0, 0.1) is 0 Å². The van der Waals surface area contributed by atoms with Crippen LogP contribution in [-0.4, -0.2) is 0 Å². The Labute approximate surface area is 294 Å². The van der Waals surface area contributed by atoms with E-state index < -0.39 is 0 Å². The first kappa shape index (κ1) is 29.9. The molecular weight excluding hydrogens is 601 g/mol. The lowest BCUT2D eigenvalue weighted by atomic mass is 9.82. The lowest BCUT2D eigenvalue weighted by Gasteiger charge is -2.20. The van der Waals surface area contributed by atoms with E-state index in [1.54, 1.807) is 0 Å². The Hall–Kier alpha value is -6.24. The zero-order chi connectivity index (χ0) is 33.6. The smallest absolute Gasteiger partial charge is 0.000741 e. The fourth-order valence-electron chi connectivity index (χ4n) is 8.32. The topological polar surface area (TPSA) is 0 Å². The minimum absolute atomic E-state index is 0.911. The number of fused-ring (bicyclic) bond motifs is 5. The van der Waals surface area contributed by atoms with Gasteiger partial charge in [0.25, 0.3) is 0 Å². The third-order valence-corrected chi connectivity index (χ3v) is 10.3. The van der Waals surface area contributed by atoms with Crippen molar-refractivity contribution in [1.82, 2.24) is 0 Å². The van der Waals surface area contributed by atoms with Crippen LogP contribution >= 0.6 is 0 Å². The molecule has 0 fully saturated rings. The molecule has 0 saturated carbocycles. The van der Waals surface area contributed by atoms with E-state index >= 15 is 0 Å². The molecule has 0 radical (unpaired) electrons. The molecular formula is C50H36. The summed E-state index contributed by atoms with van der Waals surface area (Å²) in [5, 5.41) is 5.15. The Balaban J connectivity index is 1.39. The van der Waals surface area contributed by atoms with Gasteiger partial charge in [-0.3, -0.25) is 0 Å². The number of hydrogen-bond donors (Lipinski definition) is 0. The van der Waals surface area contributed by atoms with Gasteiger partial charge in [-0.05, 0) is 113 Å². The number of allylic oxidation sites excluding steroid dienone is 8. The van der Waals surface area contributed by atoms with Crippen molar-refractivity contribution in [3.8, 4) is 44.5 Å². The summed E-state index contributed by atoms with van der Waals surface area (Å²) in [6.07, 6.45) is 13.9. The zero-order valence-corrected chi connectivity index (χ0v) is 28.2. The lowest BCUT2D eigenvalue weighted by molar-refractivity contribution is 1.22. The Kier molecular flexibility index (Phi) is 7.37. The van der Waals surface area contributed by atoms with E-state index in [9.17, 15) is 0 Å². The molecule has 0 bridgehead atoms. The second-order valence-corrected chi connectivity index (χ2v) is 13.1. The molecule has 0 heteroatoms. The number of rotatable bonds is 7. The summed E-state index contributed by atoms with van der Waals surface area (Å²) in [5.74, 6) is 0. The second kappa shape index (κ2) is 12.3. The molecule has 0 unspecified atom stereocenters. The van der Waals surface area contributed by atoms with Crippen LogP contribution in [0.3, 0.4) is 0 Å². The molecule has 7 aromatic rings. The van der Waals surface area contributed by atoms with Crippen LogP contribution in [0.4, 0.5) is 0 Å². The maximum Gasteiger partial charge on any atom is -0.000741 e. The molecule has 9 rings (SSSR count). The Bertz CT molecular complexity index is 2510. The molecule has 0 aliphatic heterocycles. The summed E-state index contributed by atoms with van der Waals surface area (Å²) in [4.78, 5) is 0. The van der Waals surface area contributed by atoms with Crippen molar-refractivity contribution in [2.45, 2.75) is 13.3 Å². The highest BCUT2D eigenvalue weighted by Gasteiger charge is 2.31. The highest BCUT2D eigenvalue weighted by atomic mass is 14.3. The summed E-state index contributed by atoms with van der Waals surface area (Å²) < 4.78 is 0. The molecule has 0 spiro atoms. The number of hydrogen-bond acceptors (Lipinski definition) is 0. The van der Waals surface area contributed by atoms with Gasteiger partial charge >= 0.3 is 0 Å². The maximum atomic E-state index is 4.02. The van der Waals surface area contributed by atoms with Crippen molar-refractivity contribution in [2.75, 3.05) is 0 Å². The van der Waals surface area contributed by atoms with Gasteiger partial charge in [0.1, 0.15) is 0 Å². The minimum Gasteiger partial charge on any atom is -0.0991 e. The largest absolute Gasteiger partial charge is 0.0991 e. The first-order chi connectivity index (χ1) is 24.8. The van der Waals surface area contributed by atoms with Crippen molar-refractivity contribution >= 4 is 33.2 Å². The quantitative estimate of drug-likeness (QED) is 0.153. The van der Waals surface area contributed by atoms with Gasteiger partial charge in [0, 0.05) is 0 Å². The Morgan fingerprint density at radius 1 is 0.540 bits per heavy atom. The van der Waals surface area contributed by atoms with Crippen molar-refractivity contribution < 1.29 is 0 Å². The maximum absolute atomic E-state index is 4.02. The molecule has 0 amide bonds. The third-order valence-electron chi connectivity index (χ3n) is 10.3. The van der Waals surface area contributed by atoms with Gasteiger partial charge in [0.2, 0.25) is 0 Å². The van der Waals surface area contributed by atoms with Crippen LogP contribution in [0.25, 0.3) is 77.7 Å². The van der Waals surface area contributed by atoms with Gasteiger partial charge in [0.15, 0.2) is 0 Å². The first-order valence-corrected chi connectivity index (χ1v) is 17.5. The van der Waals surface area contributed by atoms with E-state index in [1.807, 2.05) is 6.08 Å². The summed E-state index contributed by atoms with van der Waals surface area (Å²) in [6, 6.07) is 51.3. The van der Waals surface area contributed by atoms with Gasteiger partial charge in [-0.1, -0.05) is 183 Å². The van der Waals surface area contributed by atoms with Crippen molar-refractivity contribution in [1.29, 1.82) is 0 Å². The van der Waals surface area contributed by atoms with Crippen LogP contribution in [0.1, 0.15) is 23.6 Å². The van der Waals surface area contributed by atoms with Gasteiger partial charge in [-0.2, -0.15) is 0 Å². The number of benzene rings is 7. The van der Waals surface area contributed by atoms with Crippen LogP contribution < -0.4 is 0 Å². The molecule has 50 heavy (non-hydrogen) atoms. The van der Waals surface area contributed by atoms with E-state index in [-0.39, 0.29) is 0 Å². The monoisotopic (exact) mass is 636 g/mol. The molecule has 236 valence electrons. The SMILES string of the molecule is C=C\C=C/C(C1=Cc2ccccc2C1)=C(/C=C\C)c1ccc2c3c(cccc13)-c1c-2c(-c2ccccc2)c2ccccc2c1-c1ccccc1. The van der Waals surface area contributed by atoms with Gasteiger partial charge in [0.05, 0.1) is 0 Å². The standard InChI is InChI=1S/C50H36/c1-3-5-24-38(37-31-35-22-12-13-23-36(35)32-37)39(17-4-2)40-29-30-45-48-41(40)27-16-28-44(48)49-46(33-18-8-6-9-19-33)42-25-14-15-26-43(42)47(50(45)49)34-20-10-7-11-21-34/h3-31H,1,32H2,2H3/b17-4-,24-5-,39-38+. The first-order valence-electron chi connectivity index (χ1n) is 17.5. The van der Waals surface area contributed by atoms with E-state index in [1.165, 1.54) is 99.5 Å². The van der Waals surface area contributed by atoms with Crippen LogP contribution in [0.15, 0.2) is 188 Å². The van der Waals surface area contributed by atoms with Crippen LogP contribution in [0.2, 0.25) is 0 Å². The zero-order valence-electron chi connectivity index (χ0n) is 28.2. The molecule has 0 atom stereocenters. The van der Waals surface area contributed by atoms with E-state index in [4.69, 9.17) is 0 Å². The fraction of sp³-hybridized carbons (Fsp3) is 0.0400. The van der Waals surface area contributed by atoms with Crippen LogP contribution in [0.5, 0.6) is 0 Å². The Morgan fingerprint density at radius 3 is 1.78 bits per heavy atom. The van der Waals surface area contributed by atoms with Crippen molar-refractivity contribution in [3.05, 3.63) is 204 Å². The summed E-state index contributed by atoms with van der Waals surface area (Å²) in [6.45, 7) is 6.14. The molecule has 2 aliphatic rings. The molecule has 0 N–H and O–H groups in total. The minimum atomic E-state index is 0.911. The molecule has 0 nitrogen and oxygen atoms in total. The van der Waals surface area contributed by atoms with E-state index in [0.717, 1.165) is 6.42 Å². The lowest BCUT2D eigenvalue weighted by Crippen LogP contribution is -1.95. The highest BCUT2D eigenvalue weighted by molar-refractivity contribution is 6.28. The second-order valence-electron chi connectivity index (χ2n) is 13.1. The van der Waals surface area contributed by atoms with Crippen molar-refractivity contribution in [2.24, 2.45) is 0 Å². The normalized spacial score (nSPS) is 13.6. The predicted octanol–water partition coefficient (Wildman–Crippen LogP) is 13.7. The molecule has 7 aromatic carbocycles. The third kappa shape index (κ3) is 4.68. The fourth-order valence-corrected chi connectivity index (χ4v) is 8.32. The Morgan fingerprint density at radius 2 is 1.14 bits per heavy atom. The summed E-state index contributed by atoms with van der Waals surface area (Å²) in [7, 11) is 0. The summed E-state index contributed by atoms with van der Waals surface area (Å²) >= 11 is 0. The highest BCUT2D eigenvalue weighted by Crippen LogP contribution is 2.58. The van der Waals surface area contributed by atoms with E-state index in [2.05, 4.69) is 183 Å².